The SMILES string of the molecule is N#Cc1ccc(CC(=O)O)c(CO)c1SC(F)(F)F. The Bertz CT molecular complexity index is 537. The molecule has 0 saturated heterocycles. The van der Waals surface area contributed by atoms with Crippen LogP contribution in [0.1, 0.15) is 16.7 Å². The molecule has 8 heteroatoms. The van der Waals surface area contributed by atoms with Gasteiger partial charge in [-0.15, -0.1) is 0 Å². The van der Waals surface area contributed by atoms with Crippen LogP contribution in [0.3, 0.4) is 0 Å². The van der Waals surface area contributed by atoms with Crippen molar-refractivity contribution in [3.05, 3.63) is 28.8 Å². The molecular weight excluding hydrogens is 283 g/mol. The average Bonchev–Trinajstić information content (AvgIpc) is 2.27. The zero-order chi connectivity index (χ0) is 14.6. The number of hydrogen-bond acceptors (Lipinski definition) is 4. The third-order valence-corrected chi connectivity index (χ3v) is 3.10. The molecule has 0 spiro atoms. The third-order valence-electron chi connectivity index (χ3n) is 2.20. The molecule has 0 fully saturated rings. The Labute approximate surface area is 110 Å². The lowest BCUT2D eigenvalue weighted by atomic mass is 10.0. The number of carbonyl (C=O) groups is 1. The number of hydrogen-bond donors (Lipinski definition) is 2. The topological polar surface area (TPSA) is 81.3 Å². The predicted molar refractivity (Wildman–Crippen MR) is 60.3 cm³/mol. The molecule has 0 saturated carbocycles. The van der Waals surface area contributed by atoms with Crippen LogP contribution >= 0.6 is 11.8 Å². The number of nitriles is 1. The quantitative estimate of drug-likeness (QED) is 0.832. The first-order valence-corrected chi connectivity index (χ1v) is 5.73. The van der Waals surface area contributed by atoms with Crippen LogP contribution in [0.4, 0.5) is 13.2 Å². The molecule has 0 heterocycles. The van der Waals surface area contributed by atoms with Crippen molar-refractivity contribution >= 4 is 17.7 Å². The van der Waals surface area contributed by atoms with Crippen LogP contribution in [0.5, 0.6) is 0 Å². The predicted octanol–water partition coefficient (Wildman–Crippen LogP) is 2.29. The summed E-state index contributed by atoms with van der Waals surface area (Å²) in [5.41, 5.74) is -5.00. The molecular formula is C11H8F3NO3S. The Morgan fingerprint density at radius 2 is 2.05 bits per heavy atom. The summed E-state index contributed by atoms with van der Waals surface area (Å²) in [6, 6.07) is 3.95. The lowest BCUT2D eigenvalue weighted by molar-refractivity contribution is -0.136. The second kappa shape index (κ2) is 5.95. The van der Waals surface area contributed by atoms with Crippen molar-refractivity contribution in [2.75, 3.05) is 0 Å². The van der Waals surface area contributed by atoms with E-state index in [4.69, 9.17) is 15.5 Å². The summed E-state index contributed by atoms with van der Waals surface area (Å²) in [5.74, 6) is -1.23. The zero-order valence-corrected chi connectivity index (χ0v) is 10.2. The molecule has 0 aliphatic heterocycles. The van der Waals surface area contributed by atoms with E-state index in [1.54, 1.807) is 6.07 Å². The summed E-state index contributed by atoms with van der Waals surface area (Å²) in [5, 5.41) is 26.6. The maximum absolute atomic E-state index is 12.4. The van der Waals surface area contributed by atoms with Gasteiger partial charge in [0.25, 0.3) is 0 Å². The van der Waals surface area contributed by atoms with Gasteiger partial charge in [0.05, 0.1) is 18.6 Å². The third kappa shape index (κ3) is 4.15. The van der Waals surface area contributed by atoms with E-state index in [1.807, 2.05) is 0 Å². The average molecular weight is 291 g/mol. The molecule has 1 aromatic carbocycles. The van der Waals surface area contributed by atoms with Crippen LogP contribution in [0.25, 0.3) is 0 Å². The number of aliphatic hydroxyl groups is 1. The smallest absolute Gasteiger partial charge is 0.446 e. The van der Waals surface area contributed by atoms with E-state index in [0.29, 0.717) is 0 Å². The first-order chi connectivity index (χ1) is 8.78. The maximum Gasteiger partial charge on any atom is 0.446 e. The molecule has 19 heavy (non-hydrogen) atoms. The highest BCUT2D eigenvalue weighted by Gasteiger charge is 2.32. The highest BCUT2D eigenvalue weighted by atomic mass is 32.2. The Morgan fingerprint density at radius 3 is 2.47 bits per heavy atom. The number of carboxylic acids is 1. The van der Waals surface area contributed by atoms with Gasteiger partial charge in [0.15, 0.2) is 0 Å². The normalized spacial score (nSPS) is 11.1. The van der Waals surface area contributed by atoms with Crippen LogP contribution in [-0.2, 0) is 17.8 Å². The molecule has 0 bridgehead atoms. The van der Waals surface area contributed by atoms with Crippen molar-refractivity contribution in [1.82, 2.24) is 0 Å². The van der Waals surface area contributed by atoms with E-state index in [2.05, 4.69) is 0 Å². The van der Waals surface area contributed by atoms with E-state index in [9.17, 15) is 18.0 Å². The van der Waals surface area contributed by atoms with Crippen molar-refractivity contribution in [2.24, 2.45) is 0 Å². The Hall–Kier alpha value is -1.72. The molecule has 0 aliphatic rings. The second-order valence-electron chi connectivity index (χ2n) is 3.47. The van der Waals surface area contributed by atoms with Crippen LogP contribution < -0.4 is 0 Å². The van der Waals surface area contributed by atoms with Crippen molar-refractivity contribution in [1.29, 1.82) is 5.26 Å². The summed E-state index contributed by atoms with van der Waals surface area (Å²) in [4.78, 5) is 10.2. The van der Waals surface area contributed by atoms with Crippen molar-refractivity contribution in [3.63, 3.8) is 0 Å². The van der Waals surface area contributed by atoms with Crippen LogP contribution in [0.2, 0.25) is 0 Å². The molecule has 0 unspecified atom stereocenters. The van der Waals surface area contributed by atoms with Crippen LogP contribution in [-0.4, -0.2) is 21.7 Å². The van der Waals surface area contributed by atoms with Crippen molar-refractivity contribution in [2.45, 2.75) is 23.4 Å². The van der Waals surface area contributed by atoms with Gasteiger partial charge in [-0.2, -0.15) is 18.4 Å². The highest BCUT2D eigenvalue weighted by molar-refractivity contribution is 8.00. The van der Waals surface area contributed by atoms with Gasteiger partial charge in [0.1, 0.15) is 6.07 Å². The Balaban J connectivity index is 3.38. The molecule has 0 amide bonds. The van der Waals surface area contributed by atoms with E-state index in [0.717, 1.165) is 6.07 Å². The summed E-state index contributed by atoms with van der Waals surface area (Å²) < 4.78 is 37.3. The number of alkyl halides is 3. The maximum atomic E-state index is 12.4. The minimum atomic E-state index is -4.63. The van der Waals surface area contributed by atoms with Gasteiger partial charge in [0, 0.05) is 4.90 Å². The molecule has 1 rings (SSSR count). The fourth-order valence-electron chi connectivity index (χ4n) is 1.49. The number of benzene rings is 1. The second-order valence-corrected chi connectivity index (χ2v) is 4.54. The summed E-state index contributed by atoms with van der Waals surface area (Å²) in [6.45, 7) is -0.767. The molecule has 102 valence electrons. The molecule has 0 aromatic heterocycles. The van der Waals surface area contributed by atoms with Gasteiger partial charge in [-0.05, 0) is 29.0 Å². The monoisotopic (exact) mass is 291 g/mol. The fourth-order valence-corrected chi connectivity index (χ4v) is 2.26. The van der Waals surface area contributed by atoms with E-state index < -0.39 is 41.2 Å². The molecule has 1 aromatic rings. The van der Waals surface area contributed by atoms with Gasteiger partial charge in [0.2, 0.25) is 0 Å². The van der Waals surface area contributed by atoms with Crippen LogP contribution in [0, 0.1) is 11.3 Å². The van der Waals surface area contributed by atoms with E-state index in [1.165, 1.54) is 6.07 Å². The minimum absolute atomic E-state index is 0.0562. The number of thioether (sulfide) groups is 1. The van der Waals surface area contributed by atoms with Gasteiger partial charge in [-0.3, -0.25) is 4.79 Å². The number of halogens is 3. The summed E-state index contributed by atoms with van der Waals surface area (Å²) in [6.07, 6.45) is -0.521. The first kappa shape index (κ1) is 15.3. The Kier molecular flexibility index (Phi) is 4.80. The largest absolute Gasteiger partial charge is 0.481 e. The number of carboxylic acid groups (broad SMARTS) is 1. The van der Waals surface area contributed by atoms with Crippen molar-refractivity contribution < 1.29 is 28.2 Å². The van der Waals surface area contributed by atoms with Crippen LogP contribution in [0.15, 0.2) is 17.0 Å². The Morgan fingerprint density at radius 1 is 1.42 bits per heavy atom. The number of rotatable bonds is 4. The lowest BCUT2D eigenvalue weighted by Gasteiger charge is -2.14. The molecule has 0 aliphatic carbocycles. The minimum Gasteiger partial charge on any atom is -0.481 e. The van der Waals surface area contributed by atoms with E-state index >= 15 is 0 Å². The van der Waals surface area contributed by atoms with Gasteiger partial charge < -0.3 is 10.2 Å². The standard InChI is InChI=1S/C11H8F3NO3S/c12-11(13,14)19-10-7(4-15)2-1-6(3-9(17)18)8(10)5-16/h1-2,16H,3,5H2,(H,17,18). The van der Waals surface area contributed by atoms with Crippen molar-refractivity contribution in [3.8, 4) is 6.07 Å². The van der Waals surface area contributed by atoms with Gasteiger partial charge >= 0.3 is 11.5 Å². The number of aliphatic carboxylic acids is 1. The van der Waals surface area contributed by atoms with E-state index in [-0.39, 0.29) is 16.7 Å². The summed E-state index contributed by atoms with van der Waals surface area (Å²) in [7, 11) is 0. The zero-order valence-electron chi connectivity index (χ0n) is 9.36. The fraction of sp³-hybridized carbons (Fsp3) is 0.273. The molecule has 4 nitrogen and oxygen atoms in total. The first-order valence-electron chi connectivity index (χ1n) is 4.91. The molecule has 0 radical (unpaired) electrons. The van der Waals surface area contributed by atoms with Gasteiger partial charge in [-0.1, -0.05) is 6.07 Å². The molecule has 0 atom stereocenters. The highest BCUT2D eigenvalue weighted by Crippen LogP contribution is 2.41. The molecule has 2 N–H and O–H groups in total. The number of nitrogens with zero attached hydrogens (tertiary/aromatic N) is 1. The summed E-state index contributed by atoms with van der Waals surface area (Å²) >= 11 is -0.531. The number of aliphatic hydroxyl groups excluding tert-OH is 1. The van der Waals surface area contributed by atoms with Gasteiger partial charge in [-0.25, -0.2) is 0 Å². The lowest BCUT2D eigenvalue weighted by Crippen LogP contribution is -2.08.